The summed E-state index contributed by atoms with van der Waals surface area (Å²) in [7, 11) is 0. The van der Waals surface area contributed by atoms with Crippen molar-refractivity contribution in [3.63, 3.8) is 0 Å². The van der Waals surface area contributed by atoms with E-state index in [-0.39, 0.29) is 23.6 Å². The number of carbonyl (C=O) groups is 3. The van der Waals surface area contributed by atoms with Crippen LogP contribution in [0.25, 0.3) is 0 Å². The average molecular weight is 376 g/mol. The van der Waals surface area contributed by atoms with Gasteiger partial charge in [-0.1, -0.05) is 41.9 Å². The lowest BCUT2D eigenvalue weighted by molar-refractivity contribution is -0.151. The maximum absolute atomic E-state index is 12.7. The smallest absolute Gasteiger partial charge is 0.332 e. The van der Waals surface area contributed by atoms with Crippen LogP contribution in [0, 0.1) is 0 Å². The molecular formula is C19H18ClNO5. The Kier molecular flexibility index (Phi) is 7.32. The maximum atomic E-state index is 12.7. The molecule has 0 atom stereocenters. The van der Waals surface area contributed by atoms with E-state index < -0.39 is 18.5 Å². The molecule has 0 bridgehead atoms. The minimum Gasteiger partial charge on any atom is -0.454 e. The van der Waals surface area contributed by atoms with Gasteiger partial charge in [0.1, 0.15) is 6.61 Å². The first kappa shape index (κ1) is 19.6. The van der Waals surface area contributed by atoms with Crippen molar-refractivity contribution in [1.29, 1.82) is 0 Å². The molecule has 2 aromatic carbocycles. The zero-order chi connectivity index (χ0) is 18.9. The average Bonchev–Trinajstić information content (AvgIpc) is 2.66. The Morgan fingerprint density at radius 1 is 1.04 bits per heavy atom. The number of esters is 1. The Balaban J connectivity index is 2.09. The highest BCUT2D eigenvalue weighted by Crippen LogP contribution is 2.23. The fourth-order valence-electron chi connectivity index (χ4n) is 2.12. The van der Waals surface area contributed by atoms with Crippen LogP contribution in [0.4, 0.5) is 5.69 Å². The molecule has 0 aliphatic carbocycles. The van der Waals surface area contributed by atoms with Crippen molar-refractivity contribution < 1.29 is 23.9 Å². The van der Waals surface area contributed by atoms with E-state index in [9.17, 15) is 14.4 Å². The first-order chi connectivity index (χ1) is 12.5. The molecule has 0 unspecified atom stereocenters. The number of nitrogens with one attached hydrogen (secondary N) is 1. The third-order valence-corrected chi connectivity index (χ3v) is 3.56. The quantitative estimate of drug-likeness (QED) is 0.566. The second-order valence-corrected chi connectivity index (χ2v) is 5.67. The number of ketones is 1. The van der Waals surface area contributed by atoms with E-state index in [0.717, 1.165) is 0 Å². The molecule has 0 saturated heterocycles. The number of halogens is 1. The van der Waals surface area contributed by atoms with E-state index >= 15 is 0 Å². The molecule has 0 aliphatic rings. The van der Waals surface area contributed by atoms with Gasteiger partial charge in [-0.3, -0.25) is 9.59 Å². The first-order valence-corrected chi connectivity index (χ1v) is 8.31. The topological polar surface area (TPSA) is 81.7 Å². The highest BCUT2D eigenvalue weighted by Gasteiger charge is 2.16. The van der Waals surface area contributed by atoms with Crippen LogP contribution < -0.4 is 5.32 Å². The van der Waals surface area contributed by atoms with Crippen LogP contribution in [-0.2, 0) is 19.1 Å². The summed E-state index contributed by atoms with van der Waals surface area (Å²) in [5.41, 5.74) is 1.00. The Morgan fingerprint density at radius 2 is 1.77 bits per heavy atom. The van der Waals surface area contributed by atoms with Gasteiger partial charge in [0.2, 0.25) is 0 Å². The van der Waals surface area contributed by atoms with Crippen LogP contribution in [0.1, 0.15) is 22.8 Å². The van der Waals surface area contributed by atoms with E-state index in [0.29, 0.717) is 17.2 Å². The highest BCUT2D eigenvalue weighted by atomic mass is 35.5. The van der Waals surface area contributed by atoms with Crippen molar-refractivity contribution in [3.8, 4) is 0 Å². The van der Waals surface area contributed by atoms with Gasteiger partial charge in [0.05, 0.1) is 5.69 Å². The summed E-state index contributed by atoms with van der Waals surface area (Å²) in [4.78, 5) is 36.1. The molecule has 0 heterocycles. The van der Waals surface area contributed by atoms with E-state index in [2.05, 4.69) is 5.32 Å². The van der Waals surface area contributed by atoms with Crippen molar-refractivity contribution in [1.82, 2.24) is 0 Å². The molecule has 7 heteroatoms. The monoisotopic (exact) mass is 375 g/mol. The van der Waals surface area contributed by atoms with Crippen molar-refractivity contribution in [2.24, 2.45) is 0 Å². The number of rotatable bonds is 8. The summed E-state index contributed by atoms with van der Waals surface area (Å²) < 4.78 is 9.69. The lowest BCUT2D eigenvalue weighted by atomic mass is 10.0. The minimum atomic E-state index is -0.640. The summed E-state index contributed by atoms with van der Waals surface area (Å²) in [5.74, 6) is -1.49. The molecule has 6 nitrogen and oxygen atoms in total. The van der Waals surface area contributed by atoms with Gasteiger partial charge in [-0.2, -0.15) is 0 Å². The standard InChI is InChI=1S/C19H18ClNO5/c1-2-25-12-18(23)26-11-17(22)21-16-9-8-14(20)10-15(16)19(24)13-6-4-3-5-7-13/h3-10H,2,11-12H2,1H3,(H,21,22). The molecule has 2 aromatic rings. The normalized spacial score (nSPS) is 10.2. The van der Waals surface area contributed by atoms with E-state index in [4.69, 9.17) is 21.1 Å². The molecule has 0 spiro atoms. The third-order valence-electron chi connectivity index (χ3n) is 3.32. The summed E-state index contributed by atoms with van der Waals surface area (Å²) in [5, 5.41) is 2.93. The van der Waals surface area contributed by atoms with Crippen LogP contribution >= 0.6 is 11.6 Å². The fraction of sp³-hybridized carbons (Fsp3) is 0.211. The summed E-state index contributed by atoms with van der Waals surface area (Å²) in [6.45, 7) is 1.42. The summed E-state index contributed by atoms with van der Waals surface area (Å²) >= 11 is 5.99. The second-order valence-electron chi connectivity index (χ2n) is 5.23. The maximum Gasteiger partial charge on any atom is 0.332 e. The Labute approximate surface area is 156 Å². The van der Waals surface area contributed by atoms with Crippen molar-refractivity contribution >= 4 is 34.9 Å². The third kappa shape index (κ3) is 5.68. The number of anilines is 1. The van der Waals surface area contributed by atoms with Gasteiger partial charge in [0.15, 0.2) is 12.4 Å². The summed E-state index contributed by atoms with van der Waals surface area (Å²) in [6.07, 6.45) is 0. The molecule has 0 saturated carbocycles. The van der Waals surface area contributed by atoms with Gasteiger partial charge in [-0.05, 0) is 25.1 Å². The van der Waals surface area contributed by atoms with E-state index in [1.165, 1.54) is 12.1 Å². The first-order valence-electron chi connectivity index (χ1n) is 7.93. The predicted molar refractivity (Wildman–Crippen MR) is 97.4 cm³/mol. The van der Waals surface area contributed by atoms with Crippen LogP contribution in [0.5, 0.6) is 0 Å². The van der Waals surface area contributed by atoms with Gasteiger partial charge in [-0.25, -0.2) is 4.79 Å². The van der Waals surface area contributed by atoms with Crippen LogP contribution in [0.3, 0.4) is 0 Å². The minimum absolute atomic E-state index is 0.220. The molecule has 1 N–H and O–H groups in total. The molecule has 1 amide bonds. The lowest BCUT2D eigenvalue weighted by Crippen LogP contribution is -2.23. The number of hydrogen-bond donors (Lipinski definition) is 1. The van der Waals surface area contributed by atoms with Gasteiger partial charge < -0.3 is 14.8 Å². The SMILES string of the molecule is CCOCC(=O)OCC(=O)Nc1ccc(Cl)cc1C(=O)c1ccccc1. The zero-order valence-corrected chi connectivity index (χ0v) is 14.9. The summed E-state index contributed by atoms with van der Waals surface area (Å²) in [6, 6.07) is 13.2. The van der Waals surface area contributed by atoms with Crippen LogP contribution in [-0.4, -0.2) is 37.5 Å². The molecule has 0 fully saturated rings. The molecule has 26 heavy (non-hydrogen) atoms. The van der Waals surface area contributed by atoms with E-state index in [1.54, 1.807) is 43.3 Å². The van der Waals surface area contributed by atoms with E-state index in [1.807, 2.05) is 0 Å². The Morgan fingerprint density at radius 3 is 2.46 bits per heavy atom. The van der Waals surface area contributed by atoms with Gasteiger partial charge >= 0.3 is 5.97 Å². The van der Waals surface area contributed by atoms with Gasteiger partial charge in [-0.15, -0.1) is 0 Å². The molecule has 0 radical (unpaired) electrons. The molecular weight excluding hydrogens is 358 g/mol. The Hall–Kier alpha value is -2.70. The number of benzene rings is 2. The highest BCUT2D eigenvalue weighted by molar-refractivity contribution is 6.31. The van der Waals surface area contributed by atoms with Crippen molar-refractivity contribution in [2.45, 2.75) is 6.92 Å². The molecule has 136 valence electrons. The Bertz CT molecular complexity index is 792. The molecule has 0 aromatic heterocycles. The second kappa shape index (κ2) is 9.70. The number of hydrogen-bond acceptors (Lipinski definition) is 5. The van der Waals surface area contributed by atoms with Gasteiger partial charge in [0, 0.05) is 22.8 Å². The fourth-order valence-corrected chi connectivity index (χ4v) is 2.29. The molecule has 0 aliphatic heterocycles. The van der Waals surface area contributed by atoms with Crippen molar-refractivity contribution in [2.75, 3.05) is 25.1 Å². The van der Waals surface area contributed by atoms with Crippen LogP contribution in [0.2, 0.25) is 5.02 Å². The number of carbonyl (C=O) groups excluding carboxylic acids is 3. The number of amides is 1. The largest absolute Gasteiger partial charge is 0.454 e. The zero-order valence-electron chi connectivity index (χ0n) is 14.2. The predicted octanol–water partition coefficient (Wildman–Crippen LogP) is 3.09. The number of ether oxygens (including phenoxy) is 2. The van der Waals surface area contributed by atoms with Crippen molar-refractivity contribution in [3.05, 3.63) is 64.7 Å². The molecule has 2 rings (SSSR count). The lowest BCUT2D eigenvalue weighted by Gasteiger charge is -2.11. The van der Waals surface area contributed by atoms with Gasteiger partial charge in [0.25, 0.3) is 5.91 Å². The van der Waals surface area contributed by atoms with Crippen LogP contribution in [0.15, 0.2) is 48.5 Å².